The summed E-state index contributed by atoms with van der Waals surface area (Å²) in [6.45, 7) is 5.82. The van der Waals surface area contributed by atoms with Crippen molar-refractivity contribution in [2.24, 2.45) is 0 Å². The van der Waals surface area contributed by atoms with Gasteiger partial charge in [-0.25, -0.2) is 0 Å². The molecule has 1 amide bonds. The Balaban J connectivity index is 2.22. The number of nitrogens with zero attached hydrogens (tertiary/aromatic N) is 1. The van der Waals surface area contributed by atoms with Gasteiger partial charge in [0.25, 0.3) is 5.91 Å². The molecule has 0 aliphatic carbocycles. The summed E-state index contributed by atoms with van der Waals surface area (Å²) >= 11 is 0. The molecule has 1 N–H and O–H groups in total. The van der Waals surface area contributed by atoms with Crippen molar-refractivity contribution < 1.29 is 4.79 Å². The van der Waals surface area contributed by atoms with Crippen LogP contribution in [0.2, 0.25) is 0 Å². The van der Waals surface area contributed by atoms with Crippen LogP contribution in [0.15, 0.2) is 18.2 Å². The Hall–Kier alpha value is -1.35. The molecule has 1 aliphatic heterocycles. The van der Waals surface area contributed by atoms with Gasteiger partial charge in [-0.2, -0.15) is 0 Å². The maximum atomic E-state index is 12.6. The summed E-state index contributed by atoms with van der Waals surface area (Å²) in [5, 5.41) is 3.18. The molecule has 1 fully saturated rings. The third-order valence-electron chi connectivity index (χ3n) is 3.70. The average molecular weight is 246 g/mol. The van der Waals surface area contributed by atoms with E-state index in [0.717, 1.165) is 42.6 Å². The number of amides is 1. The lowest BCUT2D eigenvalue weighted by Crippen LogP contribution is -2.41. The van der Waals surface area contributed by atoms with Crippen molar-refractivity contribution in [2.45, 2.75) is 32.7 Å². The second-order valence-corrected chi connectivity index (χ2v) is 5.17. The van der Waals surface area contributed by atoms with Gasteiger partial charge in [-0.1, -0.05) is 17.7 Å². The van der Waals surface area contributed by atoms with Crippen LogP contribution in [0.25, 0.3) is 0 Å². The zero-order valence-corrected chi connectivity index (χ0v) is 11.5. The van der Waals surface area contributed by atoms with Crippen LogP contribution in [0, 0.1) is 13.8 Å². The quantitative estimate of drug-likeness (QED) is 0.886. The number of carbonyl (C=O) groups excluding carboxylic acids is 1. The second-order valence-electron chi connectivity index (χ2n) is 5.17. The highest BCUT2D eigenvalue weighted by Crippen LogP contribution is 2.21. The highest BCUT2D eigenvalue weighted by molar-refractivity contribution is 5.96. The monoisotopic (exact) mass is 246 g/mol. The van der Waals surface area contributed by atoms with Crippen molar-refractivity contribution in [2.75, 3.05) is 20.1 Å². The predicted molar refractivity (Wildman–Crippen MR) is 73.9 cm³/mol. The number of hydrogen-bond donors (Lipinski definition) is 1. The normalized spacial score (nSPS) is 19.3. The molecule has 1 aliphatic rings. The molecule has 1 aromatic carbocycles. The minimum atomic E-state index is 0.189. The van der Waals surface area contributed by atoms with E-state index in [2.05, 4.69) is 11.4 Å². The topological polar surface area (TPSA) is 32.3 Å². The highest BCUT2D eigenvalue weighted by Gasteiger charge is 2.29. The van der Waals surface area contributed by atoms with Gasteiger partial charge in [0.1, 0.15) is 0 Å². The summed E-state index contributed by atoms with van der Waals surface area (Å²) in [7, 11) is 1.94. The summed E-state index contributed by atoms with van der Waals surface area (Å²) in [5.74, 6) is 0.189. The van der Waals surface area contributed by atoms with Crippen LogP contribution in [0.3, 0.4) is 0 Å². The van der Waals surface area contributed by atoms with E-state index in [-0.39, 0.29) is 5.91 Å². The fourth-order valence-electron chi connectivity index (χ4n) is 2.67. The van der Waals surface area contributed by atoms with Gasteiger partial charge in [0.05, 0.1) is 0 Å². The molecule has 1 unspecified atom stereocenters. The van der Waals surface area contributed by atoms with Gasteiger partial charge in [-0.05, 0) is 45.4 Å². The van der Waals surface area contributed by atoms with Gasteiger partial charge in [-0.3, -0.25) is 4.79 Å². The van der Waals surface area contributed by atoms with Crippen LogP contribution in [0.1, 0.15) is 34.3 Å². The maximum Gasteiger partial charge on any atom is 0.254 e. The number of benzene rings is 1. The summed E-state index contributed by atoms with van der Waals surface area (Å²) < 4.78 is 0. The fourth-order valence-corrected chi connectivity index (χ4v) is 2.67. The number of aryl methyl sites for hydroxylation is 2. The number of hydrogen-bond acceptors (Lipinski definition) is 2. The molecular weight excluding hydrogens is 224 g/mol. The van der Waals surface area contributed by atoms with E-state index < -0.39 is 0 Å². The Labute approximate surface area is 109 Å². The van der Waals surface area contributed by atoms with Crippen molar-refractivity contribution in [3.8, 4) is 0 Å². The highest BCUT2D eigenvalue weighted by atomic mass is 16.2. The van der Waals surface area contributed by atoms with Crippen molar-refractivity contribution in [3.63, 3.8) is 0 Å². The number of likely N-dealkylation sites (tertiary alicyclic amines) is 1. The first-order chi connectivity index (χ1) is 8.63. The van der Waals surface area contributed by atoms with Crippen LogP contribution in [-0.4, -0.2) is 37.0 Å². The predicted octanol–water partition coefficient (Wildman–Crippen LogP) is 2.13. The molecule has 3 heteroatoms. The zero-order valence-electron chi connectivity index (χ0n) is 11.5. The van der Waals surface area contributed by atoms with Crippen molar-refractivity contribution >= 4 is 5.91 Å². The lowest BCUT2D eigenvalue weighted by molar-refractivity contribution is 0.0736. The average Bonchev–Trinajstić information content (AvgIpc) is 2.80. The standard InChI is InChI=1S/C15H22N2O/c1-11-6-7-12(2)14(9-11)15(18)17-8-4-5-13(17)10-16-3/h6-7,9,13,16H,4-5,8,10H2,1-3H3. The first kappa shape index (κ1) is 13.1. The summed E-state index contributed by atoms with van der Waals surface area (Å²) in [6, 6.07) is 6.45. The van der Waals surface area contributed by atoms with Gasteiger partial charge in [0, 0.05) is 24.7 Å². The molecule has 18 heavy (non-hydrogen) atoms. The molecule has 3 nitrogen and oxygen atoms in total. The molecule has 98 valence electrons. The Morgan fingerprint density at radius 1 is 1.44 bits per heavy atom. The Morgan fingerprint density at radius 3 is 2.94 bits per heavy atom. The lowest BCUT2D eigenvalue weighted by Gasteiger charge is -2.25. The Bertz CT molecular complexity index is 442. The van der Waals surface area contributed by atoms with Crippen LogP contribution in [0.4, 0.5) is 0 Å². The molecule has 0 saturated carbocycles. The van der Waals surface area contributed by atoms with E-state index in [4.69, 9.17) is 0 Å². The molecule has 0 bridgehead atoms. The number of rotatable bonds is 3. The van der Waals surface area contributed by atoms with Crippen molar-refractivity contribution in [1.82, 2.24) is 10.2 Å². The smallest absolute Gasteiger partial charge is 0.254 e. The maximum absolute atomic E-state index is 12.6. The third-order valence-corrected chi connectivity index (χ3v) is 3.70. The van der Waals surface area contributed by atoms with Gasteiger partial charge in [0.2, 0.25) is 0 Å². The molecule has 0 spiro atoms. The second kappa shape index (κ2) is 5.53. The Kier molecular flexibility index (Phi) is 4.02. The van der Waals surface area contributed by atoms with Crippen LogP contribution < -0.4 is 5.32 Å². The molecule has 0 aromatic heterocycles. The zero-order chi connectivity index (χ0) is 13.1. The fraction of sp³-hybridized carbons (Fsp3) is 0.533. The largest absolute Gasteiger partial charge is 0.334 e. The Morgan fingerprint density at radius 2 is 2.22 bits per heavy atom. The van der Waals surface area contributed by atoms with Gasteiger partial charge < -0.3 is 10.2 Å². The minimum absolute atomic E-state index is 0.189. The van der Waals surface area contributed by atoms with Gasteiger partial charge >= 0.3 is 0 Å². The van der Waals surface area contributed by atoms with E-state index in [9.17, 15) is 4.79 Å². The first-order valence-electron chi connectivity index (χ1n) is 6.66. The summed E-state index contributed by atoms with van der Waals surface area (Å²) in [4.78, 5) is 14.6. The molecule has 2 rings (SSSR count). The lowest BCUT2D eigenvalue weighted by atomic mass is 10.0. The molecule has 0 radical (unpaired) electrons. The molecular formula is C15H22N2O. The molecule has 1 atom stereocenters. The van der Waals surface area contributed by atoms with E-state index >= 15 is 0 Å². The number of nitrogens with one attached hydrogen (secondary N) is 1. The van der Waals surface area contributed by atoms with Gasteiger partial charge in [0.15, 0.2) is 0 Å². The number of carbonyl (C=O) groups is 1. The van der Waals surface area contributed by atoms with E-state index in [1.807, 2.05) is 37.9 Å². The number of likely N-dealkylation sites (N-methyl/N-ethyl adjacent to an activating group) is 1. The van der Waals surface area contributed by atoms with Crippen LogP contribution >= 0.6 is 0 Å². The first-order valence-corrected chi connectivity index (χ1v) is 6.66. The van der Waals surface area contributed by atoms with E-state index in [0.29, 0.717) is 6.04 Å². The summed E-state index contributed by atoms with van der Waals surface area (Å²) in [5.41, 5.74) is 3.08. The van der Waals surface area contributed by atoms with Crippen LogP contribution in [-0.2, 0) is 0 Å². The molecule has 1 aromatic rings. The third kappa shape index (κ3) is 2.56. The summed E-state index contributed by atoms with van der Waals surface area (Å²) in [6.07, 6.45) is 2.22. The van der Waals surface area contributed by atoms with Crippen LogP contribution in [0.5, 0.6) is 0 Å². The van der Waals surface area contributed by atoms with E-state index in [1.54, 1.807) is 0 Å². The minimum Gasteiger partial charge on any atom is -0.334 e. The van der Waals surface area contributed by atoms with Crippen molar-refractivity contribution in [3.05, 3.63) is 34.9 Å². The van der Waals surface area contributed by atoms with Gasteiger partial charge in [-0.15, -0.1) is 0 Å². The molecule has 1 saturated heterocycles. The molecule has 1 heterocycles. The SMILES string of the molecule is CNCC1CCCN1C(=O)c1cc(C)ccc1C. The van der Waals surface area contributed by atoms with E-state index in [1.165, 1.54) is 0 Å². The van der Waals surface area contributed by atoms with Crippen molar-refractivity contribution in [1.29, 1.82) is 0 Å².